The number of rotatable bonds is 5. The number of hydrogen-bond donors (Lipinski definition) is 1. The van der Waals surface area contributed by atoms with Gasteiger partial charge in [0.2, 0.25) is 0 Å². The molecule has 1 aromatic heterocycles. The molecule has 2 aromatic rings. The van der Waals surface area contributed by atoms with Crippen molar-refractivity contribution in [1.29, 1.82) is 0 Å². The average Bonchev–Trinajstić information content (AvgIpc) is 2.94. The zero-order valence-corrected chi connectivity index (χ0v) is 14.3. The number of aromatic nitrogens is 3. The zero-order chi connectivity index (χ0) is 16.3. The number of hydrogen-bond acceptors (Lipinski definition) is 3. The maximum Gasteiger partial charge on any atom is 0.137 e. The summed E-state index contributed by atoms with van der Waals surface area (Å²) in [6, 6.07) is 7.68. The first-order valence-electron chi connectivity index (χ1n) is 7.56. The molecule has 0 spiro atoms. The van der Waals surface area contributed by atoms with Gasteiger partial charge < -0.3 is 5.11 Å². The van der Waals surface area contributed by atoms with Gasteiger partial charge in [0.15, 0.2) is 0 Å². The third-order valence-electron chi connectivity index (χ3n) is 4.04. The minimum Gasteiger partial charge on any atom is -0.390 e. The molecule has 120 valence electrons. The molecule has 3 atom stereocenters. The molecule has 0 aliphatic rings. The van der Waals surface area contributed by atoms with Crippen molar-refractivity contribution >= 4 is 11.6 Å². The Morgan fingerprint density at radius 3 is 2.50 bits per heavy atom. The van der Waals surface area contributed by atoms with Crippen molar-refractivity contribution in [3.05, 3.63) is 47.5 Å². The largest absolute Gasteiger partial charge is 0.390 e. The van der Waals surface area contributed by atoms with Crippen LogP contribution in [0.5, 0.6) is 0 Å². The molecule has 0 radical (unpaired) electrons. The minimum absolute atomic E-state index is 0.154. The fourth-order valence-electron chi connectivity index (χ4n) is 2.73. The predicted molar refractivity (Wildman–Crippen MR) is 88.8 cm³/mol. The summed E-state index contributed by atoms with van der Waals surface area (Å²) in [5.41, 5.74) is 0.841. The van der Waals surface area contributed by atoms with Gasteiger partial charge in [-0.25, -0.2) is 9.67 Å². The highest BCUT2D eigenvalue weighted by Gasteiger charge is 2.35. The highest BCUT2D eigenvalue weighted by molar-refractivity contribution is 6.31. The van der Waals surface area contributed by atoms with Gasteiger partial charge >= 0.3 is 0 Å². The molecule has 4 nitrogen and oxygen atoms in total. The van der Waals surface area contributed by atoms with Crippen LogP contribution in [0, 0.1) is 11.3 Å². The number of nitrogens with zero attached hydrogens (tertiary/aromatic N) is 3. The van der Waals surface area contributed by atoms with E-state index in [9.17, 15) is 5.11 Å². The van der Waals surface area contributed by atoms with E-state index in [1.807, 2.05) is 45.0 Å². The van der Waals surface area contributed by atoms with E-state index in [-0.39, 0.29) is 17.4 Å². The van der Waals surface area contributed by atoms with Gasteiger partial charge in [0.1, 0.15) is 12.7 Å². The van der Waals surface area contributed by atoms with E-state index in [2.05, 4.69) is 17.0 Å². The molecular weight excluding hydrogens is 298 g/mol. The zero-order valence-electron chi connectivity index (χ0n) is 13.6. The molecule has 5 heteroatoms. The van der Waals surface area contributed by atoms with Crippen LogP contribution in [0.2, 0.25) is 5.02 Å². The van der Waals surface area contributed by atoms with Crippen LogP contribution in [-0.4, -0.2) is 26.0 Å². The van der Waals surface area contributed by atoms with Gasteiger partial charge in [-0.1, -0.05) is 57.5 Å². The molecule has 1 aromatic carbocycles. The first-order valence-corrected chi connectivity index (χ1v) is 7.94. The van der Waals surface area contributed by atoms with E-state index in [4.69, 9.17) is 11.6 Å². The van der Waals surface area contributed by atoms with Crippen molar-refractivity contribution in [2.24, 2.45) is 11.3 Å². The standard InChI is InChI=1S/C17H24ClN3O/c1-12(9-13-7-5-6-8-14(13)18)15(16(22)17(2,3)4)21-11-19-10-20-21/h5-8,10-12,15-16,22H,9H2,1-4H3. The lowest BCUT2D eigenvalue weighted by atomic mass is 9.79. The minimum atomic E-state index is -0.535. The van der Waals surface area contributed by atoms with Gasteiger partial charge in [-0.15, -0.1) is 0 Å². The van der Waals surface area contributed by atoms with Crippen LogP contribution in [-0.2, 0) is 6.42 Å². The maximum atomic E-state index is 10.8. The molecule has 1 heterocycles. The second-order valence-electron chi connectivity index (χ2n) is 6.95. The van der Waals surface area contributed by atoms with E-state index in [0.29, 0.717) is 0 Å². The Kier molecular flexibility index (Phi) is 5.24. The highest BCUT2D eigenvalue weighted by atomic mass is 35.5. The lowest BCUT2D eigenvalue weighted by Gasteiger charge is -2.36. The Morgan fingerprint density at radius 2 is 1.95 bits per heavy atom. The molecule has 0 saturated heterocycles. The third kappa shape index (κ3) is 3.87. The fraction of sp³-hybridized carbons (Fsp3) is 0.529. The SMILES string of the molecule is CC(Cc1ccccc1Cl)C(C(O)C(C)(C)C)n1cncn1. The van der Waals surface area contributed by atoms with Crippen LogP contribution in [0.4, 0.5) is 0 Å². The lowest BCUT2D eigenvalue weighted by Crippen LogP contribution is -2.39. The van der Waals surface area contributed by atoms with Crippen molar-refractivity contribution in [1.82, 2.24) is 14.8 Å². The Morgan fingerprint density at radius 1 is 1.27 bits per heavy atom. The van der Waals surface area contributed by atoms with E-state index in [1.165, 1.54) is 6.33 Å². The van der Waals surface area contributed by atoms with Gasteiger partial charge in [0.25, 0.3) is 0 Å². The molecule has 0 aliphatic carbocycles. The van der Waals surface area contributed by atoms with Crippen LogP contribution in [0.1, 0.15) is 39.3 Å². The first-order chi connectivity index (χ1) is 10.3. The number of aliphatic hydroxyl groups is 1. The van der Waals surface area contributed by atoms with Crippen LogP contribution in [0.25, 0.3) is 0 Å². The Bertz CT molecular complexity index is 592. The summed E-state index contributed by atoms with van der Waals surface area (Å²) in [6.45, 7) is 8.21. The second-order valence-corrected chi connectivity index (χ2v) is 7.36. The van der Waals surface area contributed by atoms with E-state index in [1.54, 1.807) is 11.0 Å². The summed E-state index contributed by atoms with van der Waals surface area (Å²) in [7, 11) is 0. The monoisotopic (exact) mass is 321 g/mol. The summed E-state index contributed by atoms with van der Waals surface area (Å²) >= 11 is 6.27. The van der Waals surface area contributed by atoms with Crippen molar-refractivity contribution < 1.29 is 5.11 Å². The molecule has 3 unspecified atom stereocenters. The van der Waals surface area contributed by atoms with Crippen LogP contribution < -0.4 is 0 Å². The summed E-state index contributed by atoms with van der Waals surface area (Å²) in [5, 5.41) is 15.8. The van der Waals surface area contributed by atoms with Crippen LogP contribution >= 0.6 is 11.6 Å². The molecule has 0 bridgehead atoms. The van der Waals surface area contributed by atoms with Crippen molar-refractivity contribution in [2.75, 3.05) is 0 Å². The quantitative estimate of drug-likeness (QED) is 0.912. The normalized spacial score (nSPS) is 16.3. The van der Waals surface area contributed by atoms with Gasteiger partial charge in [0.05, 0.1) is 12.1 Å². The summed E-state index contributed by atoms with van der Waals surface area (Å²) < 4.78 is 1.76. The van der Waals surface area contributed by atoms with Crippen molar-refractivity contribution in [3.63, 3.8) is 0 Å². The number of aliphatic hydroxyl groups excluding tert-OH is 1. The Balaban J connectivity index is 2.27. The smallest absolute Gasteiger partial charge is 0.137 e. The average molecular weight is 322 g/mol. The predicted octanol–water partition coefficient (Wildman–Crippen LogP) is 3.76. The fourth-order valence-corrected chi connectivity index (χ4v) is 2.94. The van der Waals surface area contributed by atoms with E-state index >= 15 is 0 Å². The molecular formula is C17H24ClN3O. The molecule has 0 amide bonds. The maximum absolute atomic E-state index is 10.8. The molecule has 0 aliphatic heterocycles. The van der Waals surface area contributed by atoms with Gasteiger partial charge in [-0.05, 0) is 29.4 Å². The van der Waals surface area contributed by atoms with Gasteiger partial charge in [-0.3, -0.25) is 0 Å². The second kappa shape index (κ2) is 6.80. The molecule has 22 heavy (non-hydrogen) atoms. The molecule has 0 fully saturated rings. The van der Waals surface area contributed by atoms with Crippen LogP contribution in [0.15, 0.2) is 36.9 Å². The Hall–Kier alpha value is -1.39. The van der Waals surface area contributed by atoms with E-state index < -0.39 is 6.10 Å². The summed E-state index contributed by atoms with van der Waals surface area (Å²) in [5.74, 6) is 0.163. The topological polar surface area (TPSA) is 50.9 Å². The molecule has 1 N–H and O–H groups in total. The number of halogens is 1. The third-order valence-corrected chi connectivity index (χ3v) is 4.40. The van der Waals surface area contributed by atoms with Gasteiger partial charge in [0, 0.05) is 5.02 Å². The highest BCUT2D eigenvalue weighted by Crippen LogP contribution is 2.34. The van der Waals surface area contributed by atoms with E-state index in [0.717, 1.165) is 17.0 Å². The van der Waals surface area contributed by atoms with Crippen LogP contribution in [0.3, 0.4) is 0 Å². The first kappa shape index (κ1) is 17.0. The Labute approximate surface area is 137 Å². The summed E-state index contributed by atoms with van der Waals surface area (Å²) in [6.07, 6.45) is 3.41. The van der Waals surface area contributed by atoms with Crippen molar-refractivity contribution in [2.45, 2.75) is 46.3 Å². The van der Waals surface area contributed by atoms with Crippen molar-refractivity contribution in [3.8, 4) is 0 Å². The summed E-state index contributed by atoms with van der Waals surface area (Å²) in [4.78, 5) is 4.03. The number of benzene rings is 1. The molecule has 2 rings (SSSR count). The lowest BCUT2D eigenvalue weighted by molar-refractivity contribution is -0.00713. The van der Waals surface area contributed by atoms with Gasteiger partial charge in [-0.2, -0.15) is 5.10 Å². The molecule has 0 saturated carbocycles.